The Bertz CT molecular complexity index is 741. The molecule has 0 radical (unpaired) electrons. The van der Waals surface area contributed by atoms with E-state index in [1.54, 1.807) is 0 Å². The van der Waals surface area contributed by atoms with Gasteiger partial charge in [0.25, 0.3) is 0 Å². The maximum atomic E-state index is 6.17. The van der Waals surface area contributed by atoms with Gasteiger partial charge in [0.1, 0.15) is 5.15 Å². The lowest BCUT2D eigenvalue weighted by atomic mass is 10.1. The minimum atomic E-state index is 0.549. The van der Waals surface area contributed by atoms with Gasteiger partial charge in [-0.25, -0.2) is 4.98 Å². The van der Waals surface area contributed by atoms with Crippen molar-refractivity contribution in [1.29, 1.82) is 0 Å². The monoisotopic (exact) mass is 296 g/mol. The zero-order valence-corrected chi connectivity index (χ0v) is 12.7. The summed E-state index contributed by atoms with van der Waals surface area (Å²) in [6, 6.07) is 20.5. The lowest BCUT2D eigenvalue weighted by Gasteiger charge is -2.24. The van der Waals surface area contributed by atoms with Crippen molar-refractivity contribution in [3.05, 3.63) is 71.4 Å². The van der Waals surface area contributed by atoms with Gasteiger partial charge in [-0.15, -0.1) is 0 Å². The first-order valence-corrected chi connectivity index (χ1v) is 7.50. The van der Waals surface area contributed by atoms with E-state index < -0.39 is 0 Å². The first-order valence-electron chi connectivity index (χ1n) is 7.12. The van der Waals surface area contributed by atoms with E-state index >= 15 is 0 Å². The number of anilines is 1. The second-order valence-electron chi connectivity index (χ2n) is 4.97. The average Bonchev–Trinajstić information content (AvgIpc) is 2.53. The van der Waals surface area contributed by atoms with Crippen LogP contribution in [0.5, 0.6) is 0 Å². The summed E-state index contributed by atoms with van der Waals surface area (Å²) in [7, 11) is 0. The zero-order valence-electron chi connectivity index (χ0n) is 12.0. The van der Waals surface area contributed by atoms with Crippen molar-refractivity contribution in [2.75, 3.05) is 11.4 Å². The maximum Gasteiger partial charge on any atom is 0.130 e. The predicted molar refractivity (Wildman–Crippen MR) is 89.9 cm³/mol. The van der Waals surface area contributed by atoms with Crippen molar-refractivity contribution in [1.82, 2.24) is 4.98 Å². The Balaban J connectivity index is 2.00. The molecule has 0 unspecified atom stereocenters. The Morgan fingerprint density at radius 3 is 2.48 bits per heavy atom. The molecule has 3 aromatic rings. The summed E-state index contributed by atoms with van der Waals surface area (Å²) in [5.74, 6) is 0. The Kier molecular flexibility index (Phi) is 4.07. The molecule has 0 aliphatic carbocycles. The molecule has 1 heterocycles. The molecule has 0 spiro atoms. The van der Waals surface area contributed by atoms with Crippen LogP contribution in [0.4, 0.5) is 5.69 Å². The largest absolute Gasteiger partial charge is 0.367 e. The molecule has 2 nitrogen and oxygen atoms in total. The van der Waals surface area contributed by atoms with Crippen molar-refractivity contribution in [2.45, 2.75) is 13.5 Å². The number of rotatable bonds is 4. The van der Waals surface area contributed by atoms with Crippen molar-refractivity contribution in [2.24, 2.45) is 0 Å². The molecule has 1 aromatic heterocycles. The number of halogens is 1. The lowest BCUT2D eigenvalue weighted by Crippen LogP contribution is -2.22. The van der Waals surface area contributed by atoms with Crippen molar-refractivity contribution < 1.29 is 0 Å². The van der Waals surface area contributed by atoms with Crippen molar-refractivity contribution >= 4 is 28.2 Å². The number of benzene rings is 2. The number of hydrogen-bond acceptors (Lipinski definition) is 2. The van der Waals surface area contributed by atoms with Gasteiger partial charge < -0.3 is 4.90 Å². The second kappa shape index (κ2) is 6.15. The number of para-hydroxylation sites is 2. The van der Waals surface area contributed by atoms with Gasteiger partial charge in [-0.3, -0.25) is 0 Å². The summed E-state index contributed by atoms with van der Waals surface area (Å²) < 4.78 is 0. The van der Waals surface area contributed by atoms with Crippen LogP contribution >= 0.6 is 11.6 Å². The van der Waals surface area contributed by atoms with Crippen LogP contribution in [-0.2, 0) is 6.54 Å². The third-order valence-corrected chi connectivity index (χ3v) is 3.83. The Hall–Kier alpha value is -2.06. The first-order chi connectivity index (χ1) is 10.3. The molecule has 0 saturated heterocycles. The fraction of sp³-hybridized carbons (Fsp3) is 0.167. The quantitative estimate of drug-likeness (QED) is 0.636. The molecule has 21 heavy (non-hydrogen) atoms. The lowest BCUT2D eigenvalue weighted by molar-refractivity contribution is 0.836. The fourth-order valence-corrected chi connectivity index (χ4v) is 2.80. The van der Waals surface area contributed by atoms with E-state index in [0.717, 1.165) is 24.0 Å². The summed E-state index contributed by atoms with van der Waals surface area (Å²) in [5.41, 5.74) is 3.37. The van der Waals surface area contributed by atoms with E-state index in [-0.39, 0.29) is 0 Å². The van der Waals surface area contributed by atoms with Gasteiger partial charge in [0, 0.05) is 24.2 Å². The summed E-state index contributed by atoms with van der Waals surface area (Å²) in [5, 5.41) is 1.71. The van der Waals surface area contributed by atoms with Crippen LogP contribution in [0.25, 0.3) is 10.9 Å². The third-order valence-electron chi connectivity index (χ3n) is 3.63. The average molecular weight is 297 g/mol. The standard InChI is InChI=1S/C18H17ClN2/c1-2-21(15-8-4-3-5-9-15)13-14-12-18(19)20-17-11-7-6-10-16(14)17/h3-12H,2,13H2,1H3. The molecule has 0 aliphatic heterocycles. The summed E-state index contributed by atoms with van der Waals surface area (Å²) in [6.45, 7) is 3.93. The molecule has 0 atom stereocenters. The molecule has 3 rings (SSSR count). The van der Waals surface area contributed by atoms with Gasteiger partial charge in [0.05, 0.1) is 5.52 Å². The van der Waals surface area contributed by atoms with Crippen molar-refractivity contribution in [3.63, 3.8) is 0 Å². The molecule has 0 saturated carbocycles. The highest BCUT2D eigenvalue weighted by molar-refractivity contribution is 6.29. The van der Waals surface area contributed by atoms with Crippen LogP contribution in [0.3, 0.4) is 0 Å². The minimum Gasteiger partial charge on any atom is -0.367 e. The molecular formula is C18H17ClN2. The molecule has 0 amide bonds. The van der Waals surface area contributed by atoms with Crippen LogP contribution in [0.2, 0.25) is 5.15 Å². The molecule has 106 valence electrons. The predicted octanol–water partition coefficient (Wildman–Crippen LogP) is 4.91. The second-order valence-corrected chi connectivity index (χ2v) is 5.36. The SMILES string of the molecule is CCN(Cc1cc(Cl)nc2ccccc12)c1ccccc1. The van der Waals surface area contributed by atoms with E-state index in [2.05, 4.69) is 47.1 Å². The molecule has 0 aliphatic rings. The van der Waals surface area contributed by atoms with E-state index in [9.17, 15) is 0 Å². The van der Waals surface area contributed by atoms with Crippen LogP contribution in [0.15, 0.2) is 60.7 Å². The fourth-order valence-electron chi connectivity index (χ4n) is 2.57. The van der Waals surface area contributed by atoms with Gasteiger partial charge in [-0.05, 0) is 36.8 Å². The molecule has 0 bridgehead atoms. The molecule has 0 fully saturated rings. The minimum absolute atomic E-state index is 0.549. The molecule has 0 N–H and O–H groups in total. The maximum absolute atomic E-state index is 6.17. The molecular weight excluding hydrogens is 280 g/mol. The summed E-state index contributed by atoms with van der Waals surface area (Å²) in [6.07, 6.45) is 0. The van der Waals surface area contributed by atoms with Gasteiger partial charge in [-0.2, -0.15) is 0 Å². The molecule has 2 aromatic carbocycles. The highest BCUT2D eigenvalue weighted by atomic mass is 35.5. The van der Waals surface area contributed by atoms with E-state index in [1.165, 1.54) is 11.3 Å². The number of aromatic nitrogens is 1. The topological polar surface area (TPSA) is 16.1 Å². The van der Waals surface area contributed by atoms with Crippen LogP contribution < -0.4 is 4.90 Å². The normalized spacial score (nSPS) is 10.8. The Morgan fingerprint density at radius 2 is 1.71 bits per heavy atom. The number of nitrogens with zero attached hydrogens (tertiary/aromatic N) is 2. The molecule has 3 heteroatoms. The Morgan fingerprint density at radius 1 is 1.00 bits per heavy atom. The van der Waals surface area contributed by atoms with Crippen LogP contribution in [0, 0.1) is 0 Å². The Labute approximate surface area is 130 Å². The zero-order chi connectivity index (χ0) is 14.7. The first kappa shape index (κ1) is 13.9. The van der Waals surface area contributed by atoms with Crippen LogP contribution in [0.1, 0.15) is 12.5 Å². The van der Waals surface area contributed by atoms with E-state index in [4.69, 9.17) is 11.6 Å². The van der Waals surface area contributed by atoms with E-state index in [1.807, 2.05) is 30.3 Å². The van der Waals surface area contributed by atoms with Gasteiger partial charge in [-0.1, -0.05) is 48.0 Å². The highest BCUT2D eigenvalue weighted by Crippen LogP contribution is 2.24. The highest BCUT2D eigenvalue weighted by Gasteiger charge is 2.09. The van der Waals surface area contributed by atoms with Gasteiger partial charge >= 0.3 is 0 Å². The summed E-state index contributed by atoms with van der Waals surface area (Å²) >= 11 is 6.17. The number of pyridine rings is 1. The van der Waals surface area contributed by atoms with Crippen molar-refractivity contribution in [3.8, 4) is 0 Å². The summed E-state index contributed by atoms with van der Waals surface area (Å²) in [4.78, 5) is 6.72. The van der Waals surface area contributed by atoms with Crippen LogP contribution in [-0.4, -0.2) is 11.5 Å². The van der Waals surface area contributed by atoms with E-state index in [0.29, 0.717) is 5.15 Å². The number of hydrogen-bond donors (Lipinski definition) is 0. The third kappa shape index (κ3) is 3.01. The van der Waals surface area contributed by atoms with Gasteiger partial charge in [0.2, 0.25) is 0 Å². The smallest absolute Gasteiger partial charge is 0.130 e. The number of fused-ring (bicyclic) bond motifs is 1. The van der Waals surface area contributed by atoms with Gasteiger partial charge in [0.15, 0.2) is 0 Å².